The Balaban J connectivity index is 1.82. The third kappa shape index (κ3) is 2.44. The van der Waals surface area contributed by atoms with Gasteiger partial charge in [0.2, 0.25) is 5.88 Å². The summed E-state index contributed by atoms with van der Waals surface area (Å²) in [5.41, 5.74) is 0. The van der Waals surface area contributed by atoms with Crippen molar-refractivity contribution in [2.45, 2.75) is 26.0 Å². The summed E-state index contributed by atoms with van der Waals surface area (Å²) in [4.78, 5) is 6.54. The molecule has 4 heteroatoms. The molecule has 0 N–H and O–H groups in total. The fraction of sp³-hybridized carbons (Fsp3) is 0.583. The van der Waals surface area contributed by atoms with Crippen LogP contribution in [0.2, 0.25) is 0 Å². The lowest BCUT2D eigenvalue weighted by Gasteiger charge is -2.41. The Bertz CT molecular complexity index is 331. The Labute approximate surface area is 96.2 Å². The Morgan fingerprint density at radius 1 is 1.38 bits per heavy atom. The van der Waals surface area contributed by atoms with E-state index < -0.39 is 0 Å². The van der Waals surface area contributed by atoms with Gasteiger partial charge < -0.3 is 9.47 Å². The summed E-state index contributed by atoms with van der Waals surface area (Å²) in [5.74, 6) is 1.43. The molecule has 0 aliphatic carbocycles. The van der Waals surface area contributed by atoms with Gasteiger partial charge in [-0.1, -0.05) is 0 Å². The average Bonchev–Trinajstić information content (AvgIpc) is 2.23. The summed E-state index contributed by atoms with van der Waals surface area (Å²) in [5, 5.41) is 0. The number of hydrogen-bond acceptors (Lipinski definition) is 4. The Morgan fingerprint density at radius 3 is 2.62 bits per heavy atom. The smallest absolute Gasteiger partial charge is 0.213 e. The summed E-state index contributed by atoms with van der Waals surface area (Å²) in [6, 6.07) is 4.31. The van der Waals surface area contributed by atoms with Crippen LogP contribution in [0.3, 0.4) is 0 Å². The minimum atomic E-state index is 0.281. The first-order chi connectivity index (χ1) is 7.69. The van der Waals surface area contributed by atoms with Crippen LogP contribution >= 0.6 is 0 Å². The van der Waals surface area contributed by atoms with E-state index in [1.54, 1.807) is 13.3 Å². The fourth-order valence-corrected chi connectivity index (χ4v) is 1.69. The zero-order chi connectivity index (χ0) is 11.5. The largest absolute Gasteiger partial charge is 0.495 e. The average molecular weight is 222 g/mol. The normalized spacial score (nSPS) is 17.2. The van der Waals surface area contributed by atoms with E-state index in [0.717, 1.165) is 18.8 Å². The number of pyridine rings is 1. The second-order valence-corrected chi connectivity index (χ2v) is 4.32. The summed E-state index contributed by atoms with van der Waals surface area (Å²) in [6.07, 6.45) is 1.96. The minimum Gasteiger partial charge on any atom is -0.495 e. The molecule has 1 saturated heterocycles. The minimum absolute atomic E-state index is 0.281. The van der Waals surface area contributed by atoms with E-state index in [2.05, 4.69) is 23.7 Å². The highest BCUT2D eigenvalue weighted by molar-refractivity contribution is 5.22. The summed E-state index contributed by atoms with van der Waals surface area (Å²) < 4.78 is 10.8. The summed E-state index contributed by atoms with van der Waals surface area (Å²) in [7, 11) is 1.63. The zero-order valence-electron chi connectivity index (χ0n) is 10.0. The van der Waals surface area contributed by atoms with Gasteiger partial charge in [0.05, 0.1) is 13.3 Å². The van der Waals surface area contributed by atoms with Crippen molar-refractivity contribution >= 4 is 0 Å². The van der Waals surface area contributed by atoms with E-state index in [1.807, 2.05) is 12.1 Å². The monoisotopic (exact) mass is 222 g/mol. The third-order valence-electron chi connectivity index (χ3n) is 2.84. The van der Waals surface area contributed by atoms with E-state index in [1.165, 1.54) is 0 Å². The molecule has 1 aliphatic rings. The van der Waals surface area contributed by atoms with E-state index in [4.69, 9.17) is 9.47 Å². The van der Waals surface area contributed by atoms with Crippen LogP contribution in [0.5, 0.6) is 11.6 Å². The molecule has 16 heavy (non-hydrogen) atoms. The molecule has 0 amide bonds. The molecule has 0 spiro atoms. The molecular weight excluding hydrogens is 204 g/mol. The molecule has 2 heterocycles. The first-order valence-corrected chi connectivity index (χ1v) is 5.60. The van der Waals surface area contributed by atoms with Crippen molar-refractivity contribution in [3.05, 3.63) is 18.3 Å². The topological polar surface area (TPSA) is 34.6 Å². The van der Waals surface area contributed by atoms with Crippen LogP contribution in [0.15, 0.2) is 18.3 Å². The number of rotatable bonds is 4. The highest BCUT2D eigenvalue weighted by Crippen LogP contribution is 2.19. The molecule has 1 aliphatic heterocycles. The fourth-order valence-electron chi connectivity index (χ4n) is 1.69. The molecule has 1 aromatic rings. The molecule has 88 valence electrons. The maximum Gasteiger partial charge on any atom is 0.213 e. The predicted octanol–water partition coefficient (Wildman–Crippen LogP) is 1.56. The van der Waals surface area contributed by atoms with Crippen molar-refractivity contribution < 1.29 is 9.47 Å². The van der Waals surface area contributed by atoms with Gasteiger partial charge in [0.1, 0.15) is 11.9 Å². The molecule has 0 saturated carbocycles. The van der Waals surface area contributed by atoms with Crippen LogP contribution in [0.25, 0.3) is 0 Å². The first-order valence-electron chi connectivity index (χ1n) is 5.60. The molecule has 0 bridgehead atoms. The van der Waals surface area contributed by atoms with Gasteiger partial charge >= 0.3 is 0 Å². The van der Waals surface area contributed by atoms with Gasteiger partial charge in [-0.3, -0.25) is 4.90 Å². The number of aromatic nitrogens is 1. The maximum atomic E-state index is 5.72. The van der Waals surface area contributed by atoms with Crippen LogP contribution in [0, 0.1) is 0 Å². The SMILES string of the molecule is COc1ccc(OC2CN(C(C)C)C2)nc1. The molecule has 0 aromatic carbocycles. The quantitative estimate of drug-likeness (QED) is 0.774. The molecule has 0 radical (unpaired) electrons. The molecule has 0 atom stereocenters. The van der Waals surface area contributed by atoms with Gasteiger partial charge in [-0.25, -0.2) is 4.98 Å². The number of ether oxygens (including phenoxy) is 2. The van der Waals surface area contributed by atoms with Gasteiger partial charge in [0.25, 0.3) is 0 Å². The maximum absolute atomic E-state index is 5.72. The number of hydrogen-bond donors (Lipinski definition) is 0. The van der Waals surface area contributed by atoms with Crippen LogP contribution in [-0.2, 0) is 0 Å². The van der Waals surface area contributed by atoms with Crippen LogP contribution in [0.1, 0.15) is 13.8 Å². The second-order valence-electron chi connectivity index (χ2n) is 4.32. The lowest BCUT2D eigenvalue weighted by Crippen LogP contribution is -2.56. The number of nitrogens with zero attached hydrogens (tertiary/aromatic N) is 2. The van der Waals surface area contributed by atoms with Gasteiger partial charge in [0, 0.05) is 25.2 Å². The molecule has 2 rings (SSSR count). The lowest BCUT2D eigenvalue weighted by molar-refractivity contribution is -0.00231. The van der Waals surface area contributed by atoms with E-state index in [0.29, 0.717) is 11.9 Å². The zero-order valence-corrected chi connectivity index (χ0v) is 10.0. The highest BCUT2D eigenvalue weighted by Gasteiger charge is 2.30. The van der Waals surface area contributed by atoms with Crippen molar-refractivity contribution in [1.82, 2.24) is 9.88 Å². The van der Waals surface area contributed by atoms with Crippen LogP contribution in [0.4, 0.5) is 0 Å². The summed E-state index contributed by atoms with van der Waals surface area (Å²) >= 11 is 0. The molecule has 1 aromatic heterocycles. The van der Waals surface area contributed by atoms with Crippen LogP contribution < -0.4 is 9.47 Å². The summed E-state index contributed by atoms with van der Waals surface area (Å²) in [6.45, 7) is 6.38. The van der Waals surface area contributed by atoms with E-state index in [9.17, 15) is 0 Å². The number of likely N-dealkylation sites (tertiary alicyclic amines) is 1. The third-order valence-corrected chi connectivity index (χ3v) is 2.84. The van der Waals surface area contributed by atoms with Crippen molar-refractivity contribution in [2.75, 3.05) is 20.2 Å². The Hall–Kier alpha value is -1.29. The van der Waals surface area contributed by atoms with Crippen molar-refractivity contribution in [3.8, 4) is 11.6 Å². The van der Waals surface area contributed by atoms with Gasteiger partial charge in [-0.2, -0.15) is 0 Å². The molecule has 4 nitrogen and oxygen atoms in total. The highest BCUT2D eigenvalue weighted by atomic mass is 16.5. The predicted molar refractivity (Wildman–Crippen MR) is 61.9 cm³/mol. The van der Waals surface area contributed by atoms with Gasteiger partial charge in [0.15, 0.2) is 0 Å². The molecule has 0 unspecified atom stereocenters. The number of methoxy groups -OCH3 is 1. The Morgan fingerprint density at radius 2 is 2.12 bits per heavy atom. The lowest BCUT2D eigenvalue weighted by atomic mass is 10.1. The van der Waals surface area contributed by atoms with Gasteiger partial charge in [-0.15, -0.1) is 0 Å². The van der Waals surface area contributed by atoms with E-state index >= 15 is 0 Å². The van der Waals surface area contributed by atoms with Crippen molar-refractivity contribution in [1.29, 1.82) is 0 Å². The first kappa shape index (κ1) is 11.2. The van der Waals surface area contributed by atoms with Crippen molar-refractivity contribution in [3.63, 3.8) is 0 Å². The van der Waals surface area contributed by atoms with Crippen LogP contribution in [-0.4, -0.2) is 42.2 Å². The second kappa shape index (κ2) is 4.70. The van der Waals surface area contributed by atoms with Crippen molar-refractivity contribution in [2.24, 2.45) is 0 Å². The van der Waals surface area contributed by atoms with Gasteiger partial charge in [-0.05, 0) is 19.9 Å². The Kier molecular flexibility index (Phi) is 3.29. The standard InChI is InChI=1S/C12H18N2O2/c1-9(2)14-7-11(8-14)16-12-5-4-10(15-3)6-13-12/h4-6,9,11H,7-8H2,1-3H3. The van der Waals surface area contributed by atoms with E-state index in [-0.39, 0.29) is 6.10 Å². The molecule has 1 fully saturated rings. The molecular formula is C12H18N2O2.